The summed E-state index contributed by atoms with van der Waals surface area (Å²) in [4.78, 5) is 10.3. The number of nitrogens with one attached hydrogen (secondary N) is 2. The van der Waals surface area contributed by atoms with Crippen LogP contribution >= 0.6 is 35.3 Å². The fraction of sp³-hybridized carbons (Fsp3) is 0.444. The predicted molar refractivity (Wildman–Crippen MR) is 112 cm³/mol. The van der Waals surface area contributed by atoms with Crippen molar-refractivity contribution in [3.63, 3.8) is 0 Å². The van der Waals surface area contributed by atoms with Crippen molar-refractivity contribution in [3.8, 4) is 0 Å². The molecule has 130 valence electrons. The highest BCUT2D eigenvalue weighted by atomic mass is 127. The lowest BCUT2D eigenvalue weighted by atomic mass is 9.96. The summed E-state index contributed by atoms with van der Waals surface area (Å²) in [5.74, 6) is 0.877. The zero-order valence-corrected chi connectivity index (χ0v) is 17.4. The second-order valence-electron chi connectivity index (χ2n) is 6.06. The predicted octanol–water partition coefficient (Wildman–Crippen LogP) is 3.86. The summed E-state index contributed by atoms with van der Waals surface area (Å²) in [7, 11) is 0. The SMILES string of the molecule is CCNC(=NCc1ncc(C)s1)NCC1(c2ccccc2)CC1.I. The Hall–Kier alpha value is -1.15. The molecule has 0 bridgehead atoms. The van der Waals surface area contributed by atoms with Gasteiger partial charge in [-0.05, 0) is 32.3 Å². The van der Waals surface area contributed by atoms with Crippen molar-refractivity contribution in [1.29, 1.82) is 0 Å². The molecule has 3 rings (SSSR count). The zero-order valence-electron chi connectivity index (χ0n) is 14.2. The van der Waals surface area contributed by atoms with Crippen molar-refractivity contribution in [2.24, 2.45) is 4.99 Å². The van der Waals surface area contributed by atoms with Crippen LogP contribution in [0.25, 0.3) is 0 Å². The van der Waals surface area contributed by atoms with Crippen molar-refractivity contribution in [1.82, 2.24) is 15.6 Å². The second kappa shape index (κ2) is 8.80. The summed E-state index contributed by atoms with van der Waals surface area (Å²) in [5.41, 5.74) is 1.72. The van der Waals surface area contributed by atoms with Gasteiger partial charge in [0.15, 0.2) is 5.96 Å². The van der Waals surface area contributed by atoms with Crippen LogP contribution in [0, 0.1) is 6.92 Å². The van der Waals surface area contributed by atoms with Crippen LogP contribution in [0.4, 0.5) is 0 Å². The minimum Gasteiger partial charge on any atom is -0.357 e. The van der Waals surface area contributed by atoms with Gasteiger partial charge in [0.05, 0.1) is 6.54 Å². The fourth-order valence-electron chi connectivity index (χ4n) is 2.73. The smallest absolute Gasteiger partial charge is 0.191 e. The Kier molecular flexibility index (Phi) is 7.03. The summed E-state index contributed by atoms with van der Waals surface area (Å²) in [6.07, 6.45) is 4.40. The maximum Gasteiger partial charge on any atom is 0.191 e. The van der Waals surface area contributed by atoms with Gasteiger partial charge in [-0.3, -0.25) is 0 Å². The number of hydrogen-bond acceptors (Lipinski definition) is 3. The highest BCUT2D eigenvalue weighted by molar-refractivity contribution is 14.0. The van der Waals surface area contributed by atoms with Crippen LogP contribution < -0.4 is 10.6 Å². The number of aryl methyl sites for hydroxylation is 1. The molecule has 4 nitrogen and oxygen atoms in total. The zero-order chi connectivity index (χ0) is 16.1. The number of benzene rings is 1. The van der Waals surface area contributed by atoms with E-state index in [1.54, 1.807) is 11.3 Å². The summed E-state index contributed by atoms with van der Waals surface area (Å²) in [6.45, 7) is 6.59. The Morgan fingerprint density at radius 2 is 2.00 bits per heavy atom. The molecule has 2 aromatic rings. The quantitative estimate of drug-likeness (QED) is 0.395. The lowest BCUT2D eigenvalue weighted by Gasteiger charge is -2.19. The molecule has 1 saturated carbocycles. The first kappa shape index (κ1) is 19.2. The number of thiazole rings is 1. The van der Waals surface area contributed by atoms with Gasteiger partial charge in [0.1, 0.15) is 5.01 Å². The van der Waals surface area contributed by atoms with E-state index in [0.29, 0.717) is 6.54 Å². The molecule has 1 heterocycles. The monoisotopic (exact) mass is 456 g/mol. The molecule has 2 N–H and O–H groups in total. The Morgan fingerprint density at radius 3 is 2.58 bits per heavy atom. The molecule has 0 spiro atoms. The number of hydrogen-bond donors (Lipinski definition) is 2. The second-order valence-corrected chi connectivity index (χ2v) is 7.38. The highest BCUT2D eigenvalue weighted by Gasteiger charge is 2.43. The van der Waals surface area contributed by atoms with Crippen molar-refractivity contribution in [3.05, 3.63) is 52.0 Å². The van der Waals surface area contributed by atoms with Gasteiger partial charge >= 0.3 is 0 Å². The van der Waals surface area contributed by atoms with Crippen molar-refractivity contribution in [2.75, 3.05) is 13.1 Å². The molecule has 1 aromatic heterocycles. The minimum absolute atomic E-state index is 0. The van der Waals surface area contributed by atoms with Crippen LogP contribution in [0.15, 0.2) is 41.5 Å². The Bertz CT molecular complexity index is 665. The molecule has 0 amide bonds. The van der Waals surface area contributed by atoms with Crippen LogP contribution in [-0.2, 0) is 12.0 Å². The van der Waals surface area contributed by atoms with Crippen LogP contribution in [0.3, 0.4) is 0 Å². The first-order valence-corrected chi connectivity index (χ1v) is 9.02. The number of aromatic nitrogens is 1. The molecule has 0 radical (unpaired) electrons. The van der Waals surface area contributed by atoms with Gasteiger partial charge < -0.3 is 10.6 Å². The van der Waals surface area contributed by atoms with E-state index < -0.39 is 0 Å². The molecule has 0 unspecified atom stereocenters. The maximum atomic E-state index is 4.66. The highest BCUT2D eigenvalue weighted by Crippen LogP contribution is 2.47. The third-order valence-corrected chi connectivity index (χ3v) is 5.12. The number of rotatable bonds is 6. The summed E-state index contributed by atoms with van der Waals surface area (Å²) >= 11 is 1.71. The van der Waals surface area contributed by atoms with E-state index >= 15 is 0 Å². The first-order chi connectivity index (χ1) is 11.2. The van der Waals surface area contributed by atoms with E-state index in [9.17, 15) is 0 Å². The summed E-state index contributed by atoms with van der Waals surface area (Å²) in [6, 6.07) is 10.8. The normalized spacial score (nSPS) is 15.5. The average Bonchev–Trinajstić information content (AvgIpc) is 3.26. The molecule has 1 aliphatic carbocycles. The molecule has 24 heavy (non-hydrogen) atoms. The Balaban J connectivity index is 0.00000208. The number of halogens is 1. The Labute approximate surface area is 165 Å². The van der Waals surface area contributed by atoms with Gasteiger partial charge in [0, 0.05) is 29.6 Å². The van der Waals surface area contributed by atoms with Crippen LogP contribution in [0.5, 0.6) is 0 Å². The molecule has 6 heteroatoms. The van der Waals surface area contributed by atoms with E-state index in [0.717, 1.165) is 24.1 Å². The van der Waals surface area contributed by atoms with Crippen molar-refractivity contribution < 1.29 is 0 Å². The first-order valence-electron chi connectivity index (χ1n) is 8.21. The molecule has 0 aliphatic heterocycles. The fourth-order valence-corrected chi connectivity index (χ4v) is 3.44. The van der Waals surface area contributed by atoms with Crippen molar-refractivity contribution in [2.45, 2.75) is 38.6 Å². The van der Waals surface area contributed by atoms with Crippen LogP contribution in [0.2, 0.25) is 0 Å². The summed E-state index contributed by atoms with van der Waals surface area (Å²) in [5, 5.41) is 7.90. The average molecular weight is 456 g/mol. The number of nitrogens with zero attached hydrogens (tertiary/aromatic N) is 2. The van der Waals surface area contributed by atoms with Gasteiger partial charge in [-0.2, -0.15) is 0 Å². The molecule has 1 fully saturated rings. The summed E-state index contributed by atoms with van der Waals surface area (Å²) < 4.78 is 0. The molecule has 0 saturated heterocycles. The van der Waals surface area contributed by atoms with Gasteiger partial charge in [-0.25, -0.2) is 9.98 Å². The third-order valence-electron chi connectivity index (χ3n) is 4.22. The third kappa shape index (κ3) is 4.92. The number of guanidine groups is 1. The topological polar surface area (TPSA) is 49.3 Å². The van der Waals surface area contributed by atoms with Crippen molar-refractivity contribution >= 4 is 41.3 Å². The van der Waals surface area contributed by atoms with Gasteiger partial charge in [-0.15, -0.1) is 35.3 Å². The standard InChI is InChI=1S/C18H24N4S.HI/c1-3-19-17(21-12-16-20-11-14(2)23-16)22-13-18(9-10-18)15-7-5-4-6-8-15;/h4-8,11H,3,9-10,12-13H2,1-2H3,(H2,19,21,22);1H. The van der Waals surface area contributed by atoms with E-state index in [-0.39, 0.29) is 29.4 Å². The van der Waals surface area contributed by atoms with E-state index in [1.165, 1.54) is 23.3 Å². The lowest BCUT2D eigenvalue weighted by molar-refractivity contribution is 0.646. The van der Waals surface area contributed by atoms with Crippen LogP contribution in [0.1, 0.15) is 35.2 Å². The molecule has 1 aliphatic rings. The van der Waals surface area contributed by atoms with Gasteiger partial charge in [0.2, 0.25) is 0 Å². The molecule has 1 aromatic carbocycles. The Morgan fingerprint density at radius 1 is 1.25 bits per heavy atom. The minimum atomic E-state index is 0. The number of aliphatic imine (C=N–C) groups is 1. The van der Waals surface area contributed by atoms with Crippen LogP contribution in [-0.4, -0.2) is 24.0 Å². The van der Waals surface area contributed by atoms with Gasteiger partial charge in [0.25, 0.3) is 0 Å². The molecular weight excluding hydrogens is 431 g/mol. The largest absolute Gasteiger partial charge is 0.357 e. The van der Waals surface area contributed by atoms with E-state index in [1.807, 2.05) is 6.20 Å². The molecule has 0 atom stereocenters. The van der Waals surface area contributed by atoms with E-state index in [2.05, 4.69) is 64.8 Å². The maximum absolute atomic E-state index is 4.66. The van der Waals surface area contributed by atoms with E-state index in [4.69, 9.17) is 0 Å². The molecular formula is C18H25IN4S. The van der Waals surface area contributed by atoms with Gasteiger partial charge in [-0.1, -0.05) is 30.3 Å². The lowest BCUT2D eigenvalue weighted by Crippen LogP contribution is -2.41.